The summed E-state index contributed by atoms with van der Waals surface area (Å²) >= 11 is 0. The van der Waals surface area contributed by atoms with Crippen LogP contribution < -0.4 is 26.0 Å². The molecule has 10 nitrogen and oxygen atoms in total. The number of halogens is 1. The number of carbonyl (C=O) groups excluding carboxylic acids is 2. The fourth-order valence-electron chi connectivity index (χ4n) is 3.47. The molecule has 4 N–H and O–H groups in total. The Morgan fingerprint density at radius 3 is 2.39 bits per heavy atom. The molecular formula is C25H31ClN6O4. The number of nitrogens with zero attached hydrogens (tertiary/aromatic N) is 2. The summed E-state index contributed by atoms with van der Waals surface area (Å²) in [5.74, 6) is 1.81. The van der Waals surface area contributed by atoms with Crippen molar-refractivity contribution in [2.24, 2.45) is 5.92 Å². The lowest BCUT2D eigenvalue weighted by Gasteiger charge is -2.12. The first-order valence-electron chi connectivity index (χ1n) is 11.5. The van der Waals surface area contributed by atoms with Gasteiger partial charge in [-0.3, -0.25) is 10.1 Å². The molecule has 3 aromatic rings. The molecule has 0 radical (unpaired) electrons. The maximum absolute atomic E-state index is 12.5. The van der Waals surface area contributed by atoms with Crippen LogP contribution in [-0.4, -0.2) is 41.8 Å². The number of hydrogen-bond acceptors (Lipinski definition) is 7. The molecule has 1 fully saturated rings. The Kier molecular flexibility index (Phi) is 8.89. The van der Waals surface area contributed by atoms with Crippen molar-refractivity contribution in [3.05, 3.63) is 60.1 Å². The van der Waals surface area contributed by atoms with E-state index < -0.39 is 6.03 Å². The van der Waals surface area contributed by atoms with Gasteiger partial charge in [0, 0.05) is 35.3 Å². The van der Waals surface area contributed by atoms with Crippen LogP contribution in [0.1, 0.15) is 43.4 Å². The second-order valence-electron chi connectivity index (χ2n) is 9.49. The Bertz CT molecular complexity index is 1150. The van der Waals surface area contributed by atoms with Gasteiger partial charge >= 0.3 is 6.03 Å². The topological polar surface area (TPSA) is 130 Å². The summed E-state index contributed by atoms with van der Waals surface area (Å²) in [6.45, 7) is 8.60. The Labute approximate surface area is 216 Å². The van der Waals surface area contributed by atoms with E-state index in [0.29, 0.717) is 41.2 Å². The summed E-state index contributed by atoms with van der Waals surface area (Å²) in [4.78, 5) is 29.0. The number of nitrogens with one attached hydrogen (secondary N) is 4. The predicted molar refractivity (Wildman–Crippen MR) is 140 cm³/mol. The van der Waals surface area contributed by atoms with Gasteiger partial charge in [-0.05, 0) is 49.4 Å². The first-order valence-corrected chi connectivity index (χ1v) is 11.5. The molecule has 0 spiro atoms. The Morgan fingerprint density at radius 1 is 1.08 bits per heavy atom. The lowest BCUT2D eigenvalue weighted by atomic mass is 9.93. The summed E-state index contributed by atoms with van der Waals surface area (Å²) in [6.07, 6.45) is 2.66. The van der Waals surface area contributed by atoms with E-state index in [1.54, 1.807) is 48.7 Å². The SMILES string of the molecule is CC(C)(C)c1cc(NC(=O)Nc2ccc(NC(=O)c3ccc(OCC4CCNC4)cn3)cc2)no1.Cl. The molecule has 0 bridgehead atoms. The number of anilines is 3. The predicted octanol–water partition coefficient (Wildman–Crippen LogP) is 4.67. The highest BCUT2D eigenvalue weighted by Crippen LogP contribution is 2.24. The largest absolute Gasteiger partial charge is 0.492 e. The maximum Gasteiger partial charge on any atom is 0.324 e. The molecule has 192 valence electrons. The van der Waals surface area contributed by atoms with Crippen molar-refractivity contribution in [3.63, 3.8) is 0 Å². The standard InChI is InChI=1S/C25H30N6O4.ClH/c1-25(2,3)21-12-22(31-35-21)30-24(33)29-18-6-4-17(5-7-18)28-23(32)20-9-8-19(14-27-20)34-15-16-10-11-26-13-16;/h4-9,12,14,16,26H,10-11,13,15H2,1-3H3,(H,28,32)(H2,29,30,31,33);1H. The summed E-state index contributed by atoms with van der Waals surface area (Å²) in [5.41, 5.74) is 1.20. The molecule has 2 aromatic heterocycles. The van der Waals surface area contributed by atoms with Gasteiger partial charge < -0.3 is 25.2 Å². The minimum atomic E-state index is -0.453. The van der Waals surface area contributed by atoms with Crippen molar-refractivity contribution < 1.29 is 18.8 Å². The molecule has 0 saturated carbocycles. The molecule has 1 unspecified atom stereocenters. The van der Waals surface area contributed by atoms with E-state index in [4.69, 9.17) is 9.26 Å². The first kappa shape index (κ1) is 27.0. The molecule has 4 rings (SSSR count). The lowest BCUT2D eigenvalue weighted by molar-refractivity contribution is 0.102. The van der Waals surface area contributed by atoms with Crippen LogP contribution in [-0.2, 0) is 5.41 Å². The van der Waals surface area contributed by atoms with E-state index in [9.17, 15) is 9.59 Å². The molecular weight excluding hydrogens is 484 g/mol. The van der Waals surface area contributed by atoms with Gasteiger partial charge in [-0.15, -0.1) is 12.4 Å². The van der Waals surface area contributed by atoms with E-state index in [2.05, 4.69) is 31.4 Å². The van der Waals surface area contributed by atoms with Gasteiger partial charge in [-0.1, -0.05) is 25.9 Å². The van der Waals surface area contributed by atoms with Crippen LogP contribution >= 0.6 is 12.4 Å². The number of ether oxygens (including phenoxy) is 1. The van der Waals surface area contributed by atoms with Crippen molar-refractivity contribution in [1.29, 1.82) is 0 Å². The molecule has 3 heterocycles. The number of benzene rings is 1. The molecule has 1 aliphatic heterocycles. The van der Waals surface area contributed by atoms with Crippen LogP contribution in [0.15, 0.2) is 53.2 Å². The van der Waals surface area contributed by atoms with Gasteiger partial charge in [0.05, 0.1) is 12.8 Å². The number of hydrogen-bond donors (Lipinski definition) is 4. The monoisotopic (exact) mass is 514 g/mol. The average Bonchev–Trinajstić information content (AvgIpc) is 3.51. The zero-order chi connectivity index (χ0) is 24.8. The van der Waals surface area contributed by atoms with Crippen molar-refractivity contribution in [2.45, 2.75) is 32.6 Å². The van der Waals surface area contributed by atoms with E-state index in [0.717, 1.165) is 19.5 Å². The first-order chi connectivity index (χ1) is 16.8. The average molecular weight is 515 g/mol. The van der Waals surface area contributed by atoms with Gasteiger partial charge in [-0.25, -0.2) is 9.78 Å². The molecule has 0 aliphatic carbocycles. The van der Waals surface area contributed by atoms with Gasteiger partial charge in [-0.2, -0.15) is 0 Å². The Balaban J connectivity index is 0.00000361. The third kappa shape index (κ3) is 7.43. The van der Waals surface area contributed by atoms with Crippen LogP contribution in [0.3, 0.4) is 0 Å². The third-order valence-electron chi connectivity index (χ3n) is 5.51. The highest BCUT2D eigenvalue weighted by Gasteiger charge is 2.20. The molecule has 1 aromatic carbocycles. The fourth-order valence-corrected chi connectivity index (χ4v) is 3.47. The highest BCUT2D eigenvalue weighted by molar-refractivity contribution is 6.03. The minimum absolute atomic E-state index is 0. The number of pyridine rings is 1. The van der Waals surface area contributed by atoms with Crippen LogP contribution in [0.2, 0.25) is 0 Å². The molecule has 1 saturated heterocycles. The Hall–Kier alpha value is -3.63. The fraction of sp³-hybridized carbons (Fsp3) is 0.360. The van der Waals surface area contributed by atoms with E-state index in [1.807, 2.05) is 20.8 Å². The van der Waals surface area contributed by atoms with Crippen molar-refractivity contribution >= 4 is 41.5 Å². The molecule has 3 amide bonds. The van der Waals surface area contributed by atoms with Crippen LogP contribution in [0.4, 0.5) is 22.0 Å². The zero-order valence-corrected chi connectivity index (χ0v) is 21.3. The quantitative estimate of drug-likeness (QED) is 0.360. The van der Waals surface area contributed by atoms with Gasteiger partial charge in [0.1, 0.15) is 17.2 Å². The van der Waals surface area contributed by atoms with E-state index >= 15 is 0 Å². The van der Waals surface area contributed by atoms with Gasteiger partial charge in [0.15, 0.2) is 5.82 Å². The molecule has 1 atom stereocenters. The third-order valence-corrected chi connectivity index (χ3v) is 5.51. The van der Waals surface area contributed by atoms with E-state index in [-0.39, 0.29) is 29.4 Å². The second kappa shape index (κ2) is 11.9. The summed E-state index contributed by atoms with van der Waals surface area (Å²) in [7, 11) is 0. The van der Waals surface area contributed by atoms with Crippen molar-refractivity contribution in [1.82, 2.24) is 15.5 Å². The zero-order valence-electron chi connectivity index (χ0n) is 20.5. The van der Waals surface area contributed by atoms with Crippen molar-refractivity contribution in [2.75, 3.05) is 35.6 Å². The van der Waals surface area contributed by atoms with E-state index in [1.165, 1.54) is 0 Å². The van der Waals surface area contributed by atoms with Crippen LogP contribution in [0, 0.1) is 5.92 Å². The highest BCUT2D eigenvalue weighted by atomic mass is 35.5. The van der Waals surface area contributed by atoms with Gasteiger partial charge in [0.2, 0.25) is 0 Å². The van der Waals surface area contributed by atoms with Gasteiger partial charge in [0.25, 0.3) is 5.91 Å². The number of carbonyl (C=O) groups is 2. The Morgan fingerprint density at radius 2 is 1.81 bits per heavy atom. The summed E-state index contributed by atoms with van der Waals surface area (Å²) in [6, 6.07) is 11.4. The summed E-state index contributed by atoms with van der Waals surface area (Å²) < 4.78 is 11.0. The number of urea groups is 1. The van der Waals surface area contributed by atoms with Crippen LogP contribution in [0.25, 0.3) is 0 Å². The molecule has 36 heavy (non-hydrogen) atoms. The number of aromatic nitrogens is 2. The summed E-state index contributed by atoms with van der Waals surface area (Å²) in [5, 5.41) is 15.3. The molecule has 11 heteroatoms. The normalized spacial score (nSPS) is 15.0. The second-order valence-corrected chi connectivity index (χ2v) is 9.49. The maximum atomic E-state index is 12.5. The van der Waals surface area contributed by atoms with Crippen LogP contribution in [0.5, 0.6) is 5.75 Å². The molecule has 1 aliphatic rings. The number of rotatable bonds is 7. The number of amides is 3. The smallest absolute Gasteiger partial charge is 0.324 e. The minimum Gasteiger partial charge on any atom is -0.492 e. The van der Waals surface area contributed by atoms with Crippen molar-refractivity contribution in [3.8, 4) is 5.75 Å². The lowest BCUT2D eigenvalue weighted by Crippen LogP contribution is -2.19.